The number of nitrogens with one attached hydrogen (secondary N) is 2. The number of hydrazine groups is 1. The van der Waals surface area contributed by atoms with E-state index in [0.29, 0.717) is 11.3 Å². The fourth-order valence-corrected chi connectivity index (χ4v) is 2.63. The Morgan fingerprint density at radius 1 is 0.967 bits per heavy atom. The van der Waals surface area contributed by atoms with E-state index in [4.69, 9.17) is 4.74 Å². The second-order valence-corrected chi connectivity index (χ2v) is 5.86. The number of nitro groups is 1. The molecule has 4 aromatic rings. The van der Waals surface area contributed by atoms with Gasteiger partial charge in [-0.3, -0.25) is 35.7 Å². The maximum absolute atomic E-state index is 12.1. The molecule has 1 aromatic carbocycles. The zero-order valence-corrected chi connectivity index (χ0v) is 15.2. The average molecular weight is 403 g/mol. The molecule has 4 rings (SSSR count). The number of hydrogen-bond donors (Lipinski definition) is 2. The maximum atomic E-state index is 12.1. The summed E-state index contributed by atoms with van der Waals surface area (Å²) in [5.74, 6) is -0.854. The first-order chi connectivity index (χ1) is 14.6. The number of ether oxygens (including phenoxy) is 1. The van der Waals surface area contributed by atoms with Crippen LogP contribution in [0.3, 0.4) is 0 Å². The number of carbonyl (C=O) groups is 1. The highest BCUT2D eigenvalue weighted by Gasteiger charge is 2.26. The second kappa shape index (κ2) is 8.14. The number of para-hydroxylation sites is 1. The van der Waals surface area contributed by atoms with Crippen LogP contribution in [-0.2, 0) is 0 Å². The number of carbonyl (C=O) groups excluding carboxylic acids is 1. The Labute approximate surface area is 168 Å². The number of fused-ring (bicyclic) bond motifs is 1. The van der Waals surface area contributed by atoms with Crippen LogP contribution in [0.25, 0.3) is 10.9 Å². The Balaban J connectivity index is 1.63. The predicted octanol–water partition coefficient (Wildman–Crippen LogP) is 2.88. The summed E-state index contributed by atoms with van der Waals surface area (Å²) >= 11 is 0. The largest absolute Gasteiger partial charge is 0.431 e. The lowest BCUT2D eigenvalue weighted by molar-refractivity contribution is -0.385. The van der Waals surface area contributed by atoms with E-state index >= 15 is 0 Å². The average Bonchev–Trinajstić information content (AvgIpc) is 2.78. The van der Waals surface area contributed by atoms with Gasteiger partial charge < -0.3 is 4.74 Å². The molecule has 11 heteroatoms. The molecule has 3 aromatic heterocycles. The van der Waals surface area contributed by atoms with Gasteiger partial charge in [0.2, 0.25) is 5.82 Å². The van der Waals surface area contributed by atoms with Crippen LogP contribution >= 0.6 is 0 Å². The van der Waals surface area contributed by atoms with Crippen LogP contribution < -0.4 is 15.6 Å². The second-order valence-electron chi connectivity index (χ2n) is 5.86. The van der Waals surface area contributed by atoms with Crippen molar-refractivity contribution in [3.63, 3.8) is 0 Å². The van der Waals surface area contributed by atoms with Crippen LogP contribution in [-0.4, -0.2) is 30.8 Å². The van der Waals surface area contributed by atoms with Gasteiger partial charge in [-0.15, -0.1) is 0 Å². The zero-order valence-electron chi connectivity index (χ0n) is 15.2. The third-order valence-corrected chi connectivity index (χ3v) is 3.97. The summed E-state index contributed by atoms with van der Waals surface area (Å²) in [6.45, 7) is 0. The van der Waals surface area contributed by atoms with E-state index in [9.17, 15) is 14.9 Å². The van der Waals surface area contributed by atoms with Crippen LogP contribution in [0.4, 0.5) is 11.5 Å². The summed E-state index contributed by atoms with van der Waals surface area (Å²) in [5.41, 5.74) is 4.84. The topological polar surface area (TPSA) is 145 Å². The minimum absolute atomic E-state index is 0.125. The van der Waals surface area contributed by atoms with E-state index in [2.05, 4.69) is 30.8 Å². The third kappa shape index (κ3) is 3.80. The molecule has 0 spiro atoms. The van der Waals surface area contributed by atoms with Crippen LogP contribution in [0.1, 0.15) is 10.5 Å². The molecule has 0 atom stereocenters. The molecule has 0 saturated heterocycles. The number of pyridine rings is 2. The molecule has 148 valence electrons. The molecule has 0 bridgehead atoms. The number of hydrogen-bond acceptors (Lipinski definition) is 9. The Hall–Kier alpha value is -4.67. The van der Waals surface area contributed by atoms with Gasteiger partial charge in [0, 0.05) is 17.8 Å². The van der Waals surface area contributed by atoms with Crippen molar-refractivity contribution in [3.8, 4) is 11.6 Å². The van der Waals surface area contributed by atoms with Crippen molar-refractivity contribution in [3.05, 3.63) is 83.1 Å². The zero-order chi connectivity index (χ0) is 20.9. The summed E-state index contributed by atoms with van der Waals surface area (Å²) in [5, 5.41) is 12.5. The smallest absolute Gasteiger partial charge is 0.374 e. The predicted molar refractivity (Wildman–Crippen MR) is 106 cm³/mol. The van der Waals surface area contributed by atoms with Gasteiger partial charge in [-0.05, 0) is 24.3 Å². The first-order valence-corrected chi connectivity index (χ1v) is 8.62. The maximum Gasteiger partial charge on any atom is 0.374 e. The van der Waals surface area contributed by atoms with Crippen molar-refractivity contribution in [2.75, 3.05) is 5.43 Å². The van der Waals surface area contributed by atoms with Crippen molar-refractivity contribution >= 4 is 28.3 Å². The fourth-order valence-electron chi connectivity index (χ4n) is 2.63. The quantitative estimate of drug-likeness (QED) is 0.366. The fraction of sp³-hybridized carbons (Fsp3) is 0. The van der Waals surface area contributed by atoms with Crippen molar-refractivity contribution in [1.29, 1.82) is 0 Å². The highest BCUT2D eigenvalue weighted by Crippen LogP contribution is 2.35. The highest BCUT2D eigenvalue weighted by molar-refractivity contribution is 5.93. The van der Waals surface area contributed by atoms with Gasteiger partial charge in [-0.2, -0.15) is 4.98 Å². The standard InChI is InChI=1S/C19H13N7O4/c27-18(13-7-1-2-9-20-13)25-24-17-16(26(28)29)19(23-11-22-17)30-14-8-3-5-12-6-4-10-21-15(12)14/h1-11H,(H,25,27)(H,22,23,24). The lowest BCUT2D eigenvalue weighted by Crippen LogP contribution is -2.30. The lowest BCUT2D eigenvalue weighted by atomic mass is 10.2. The van der Waals surface area contributed by atoms with E-state index < -0.39 is 16.5 Å². The van der Waals surface area contributed by atoms with Crippen molar-refractivity contribution in [2.24, 2.45) is 0 Å². The highest BCUT2D eigenvalue weighted by atomic mass is 16.6. The summed E-state index contributed by atoms with van der Waals surface area (Å²) in [7, 11) is 0. The monoisotopic (exact) mass is 403 g/mol. The molecule has 0 radical (unpaired) electrons. The molecule has 0 fully saturated rings. The molecule has 0 unspecified atom stereocenters. The molecule has 30 heavy (non-hydrogen) atoms. The van der Waals surface area contributed by atoms with Crippen molar-refractivity contribution in [2.45, 2.75) is 0 Å². The Morgan fingerprint density at radius 2 is 1.80 bits per heavy atom. The van der Waals surface area contributed by atoms with Crippen LogP contribution in [0.15, 0.2) is 67.3 Å². The summed E-state index contributed by atoms with van der Waals surface area (Å²) in [6, 6.07) is 13.6. The van der Waals surface area contributed by atoms with Gasteiger partial charge in [0.05, 0.1) is 4.92 Å². The molecule has 2 N–H and O–H groups in total. The number of anilines is 1. The van der Waals surface area contributed by atoms with E-state index in [1.54, 1.807) is 36.5 Å². The van der Waals surface area contributed by atoms with Gasteiger partial charge in [0.15, 0.2) is 5.75 Å². The van der Waals surface area contributed by atoms with Crippen LogP contribution in [0, 0.1) is 10.1 Å². The van der Waals surface area contributed by atoms with Crippen LogP contribution in [0.5, 0.6) is 11.6 Å². The summed E-state index contributed by atoms with van der Waals surface area (Å²) in [6.07, 6.45) is 4.12. The van der Waals surface area contributed by atoms with E-state index in [1.165, 1.54) is 12.3 Å². The van der Waals surface area contributed by atoms with E-state index in [-0.39, 0.29) is 17.4 Å². The summed E-state index contributed by atoms with van der Waals surface area (Å²) in [4.78, 5) is 39.0. The minimum atomic E-state index is -0.705. The number of nitrogens with zero attached hydrogens (tertiary/aromatic N) is 5. The first-order valence-electron chi connectivity index (χ1n) is 8.62. The first kappa shape index (κ1) is 18.7. The molecule has 1 amide bonds. The molecule has 3 heterocycles. The number of benzene rings is 1. The Bertz CT molecular complexity index is 1230. The van der Waals surface area contributed by atoms with Crippen molar-refractivity contribution in [1.82, 2.24) is 25.4 Å². The molecular formula is C19H13N7O4. The third-order valence-electron chi connectivity index (χ3n) is 3.97. The Morgan fingerprint density at radius 3 is 2.60 bits per heavy atom. The molecule has 0 aliphatic carbocycles. The SMILES string of the molecule is O=C(NNc1ncnc(Oc2cccc3cccnc23)c1[N+](=O)[O-])c1ccccn1. The molecule has 11 nitrogen and oxygen atoms in total. The van der Waals surface area contributed by atoms with E-state index in [0.717, 1.165) is 11.7 Å². The normalized spacial score (nSPS) is 10.4. The van der Waals surface area contributed by atoms with Crippen molar-refractivity contribution < 1.29 is 14.5 Å². The van der Waals surface area contributed by atoms with Gasteiger partial charge in [0.1, 0.15) is 17.5 Å². The minimum Gasteiger partial charge on any atom is -0.431 e. The number of rotatable bonds is 6. The molecule has 0 saturated carbocycles. The molecular weight excluding hydrogens is 390 g/mol. The van der Waals surface area contributed by atoms with Gasteiger partial charge >= 0.3 is 11.6 Å². The van der Waals surface area contributed by atoms with E-state index in [1.807, 2.05) is 12.1 Å². The Kier molecular flexibility index (Phi) is 5.07. The summed E-state index contributed by atoms with van der Waals surface area (Å²) < 4.78 is 5.70. The van der Waals surface area contributed by atoms with Crippen LogP contribution in [0.2, 0.25) is 0 Å². The lowest BCUT2D eigenvalue weighted by Gasteiger charge is -2.11. The number of amides is 1. The number of aromatic nitrogens is 4. The molecule has 0 aliphatic rings. The van der Waals surface area contributed by atoms with Gasteiger partial charge in [-0.1, -0.05) is 24.3 Å². The van der Waals surface area contributed by atoms with Gasteiger partial charge in [-0.25, -0.2) is 4.98 Å². The molecule has 0 aliphatic heterocycles. The van der Waals surface area contributed by atoms with Gasteiger partial charge in [0.25, 0.3) is 5.91 Å².